The average molecular weight is 295 g/mol. The second-order valence-electron chi connectivity index (χ2n) is 4.58. The van der Waals surface area contributed by atoms with E-state index in [9.17, 15) is 8.42 Å². The van der Waals surface area contributed by atoms with Gasteiger partial charge >= 0.3 is 0 Å². The van der Waals surface area contributed by atoms with Crippen LogP contribution in [0.25, 0.3) is 0 Å². The Bertz CT molecular complexity index is 585. The molecule has 4 nitrogen and oxygen atoms in total. The normalized spacial score (nSPS) is 12.6. The molecule has 0 aliphatic rings. The average Bonchev–Trinajstić information content (AvgIpc) is 2.39. The van der Waals surface area contributed by atoms with Gasteiger partial charge in [0.2, 0.25) is 10.0 Å². The van der Waals surface area contributed by atoms with Crippen molar-refractivity contribution in [2.75, 3.05) is 6.61 Å². The molecule has 0 spiro atoms. The monoisotopic (exact) mass is 295 g/mol. The van der Waals surface area contributed by atoms with Crippen LogP contribution in [0, 0.1) is 11.8 Å². The Labute approximate surface area is 121 Å². The first kappa shape index (κ1) is 16.7. The molecule has 1 unspecified atom stereocenters. The molecular weight excluding hydrogens is 274 g/mol. The van der Waals surface area contributed by atoms with E-state index < -0.39 is 10.0 Å². The summed E-state index contributed by atoms with van der Waals surface area (Å²) in [6.45, 7) is 3.83. The molecule has 5 heteroatoms. The summed E-state index contributed by atoms with van der Waals surface area (Å²) in [5.41, 5.74) is 0.456. The first-order chi connectivity index (χ1) is 9.51. The van der Waals surface area contributed by atoms with E-state index >= 15 is 0 Å². The van der Waals surface area contributed by atoms with Crippen LogP contribution >= 0.6 is 0 Å². The fraction of sp³-hybridized carbons (Fsp3) is 0.467. The second-order valence-corrected chi connectivity index (χ2v) is 6.26. The second kappa shape index (κ2) is 8.05. The van der Waals surface area contributed by atoms with E-state index in [1.165, 1.54) is 0 Å². The van der Waals surface area contributed by atoms with E-state index in [0.717, 1.165) is 12.8 Å². The molecule has 0 saturated heterocycles. The highest BCUT2D eigenvalue weighted by Gasteiger charge is 2.19. The molecule has 2 N–H and O–H groups in total. The lowest BCUT2D eigenvalue weighted by Gasteiger charge is -2.14. The van der Waals surface area contributed by atoms with Gasteiger partial charge < -0.3 is 5.11 Å². The number of benzene rings is 1. The molecule has 1 rings (SSSR count). The third-order valence-corrected chi connectivity index (χ3v) is 4.36. The van der Waals surface area contributed by atoms with E-state index in [4.69, 9.17) is 5.11 Å². The van der Waals surface area contributed by atoms with Crippen molar-refractivity contribution in [2.24, 2.45) is 0 Å². The number of nitrogens with one attached hydrogen (secondary N) is 1. The predicted molar refractivity (Wildman–Crippen MR) is 79.7 cm³/mol. The molecule has 0 amide bonds. The van der Waals surface area contributed by atoms with Crippen LogP contribution in [0.15, 0.2) is 29.2 Å². The molecular formula is C15H21NO3S. The van der Waals surface area contributed by atoms with Crippen LogP contribution in [-0.2, 0) is 10.0 Å². The molecule has 20 heavy (non-hydrogen) atoms. The lowest BCUT2D eigenvalue weighted by molar-refractivity contribution is 0.305. The molecule has 0 aromatic heterocycles. The number of rotatable bonds is 6. The lowest BCUT2D eigenvalue weighted by atomic mass is 10.2. The number of hydrogen-bond donors (Lipinski definition) is 2. The fourth-order valence-electron chi connectivity index (χ4n) is 1.84. The van der Waals surface area contributed by atoms with Crippen molar-refractivity contribution < 1.29 is 13.5 Å². The standard InChI is InChI=1S/C15H21NO3S/c1-3-8-13(2)16-20(18,19)15-11-5-4-9-14(15)10-6-7-12-17/h4-5,9,11,13,16-17H,3,7-8,12H2,1-2H3. The Morgan fingerprint density at radius 3 is 2.70 bits per heavy atom. The minimum atomic E-state index is -3.56. The van der Waals surface area contributed by atoms with E-state index in [2.05, 4.69) is 16.6 Å². The van der Waals surface area contributed by atoms with Gasteiger partial charge in [-0.15, -0.1) is 0 Å². The first-order valence-corrected chi connectivity index (χ1v) is 8.20. The fourth-order valence-corrected chi connectivity index (χ4v) is 3.28. The van der Waals surface area contributed by atoms with Crippen LogP contribution in [0.4, 0.5) is 0 Å². The van der Waals surface area contributed by atoms with Crippen molar-refractivity contribution in [2.45, 2.75) is 44.0 Å². The molecule has 1 atom stereocenters. The Morgan fingerprint density at radius 1 is 1.35 bits per heavy atom. The number of hydrogen-bond acceptors (Lipinski definition) is 3. The molecule has 110 valence electrons. The largest absolute Gasteiger partial charge is 0.395 e. The van der Waals surface area contributed by atoms with Crippen molar-refractivity contribution in [3.8, 4) is 11.8 Å². The van der Waals surface area contributed by atoms with Gasteiger partial charge in [0.25, 0.3) is 0 Å². The maximum Gasteiger partial charge on any atom is 0.242 e. The summed E-state index contributed by atoms with van der Waals surface area (Å²) in [6, 6.07) is 6.53. The van der Waals surface area contributed by atoms with Gasteiger partial charge in [-0.2, -0.15) is 0 Å². The third kappa shape index (κ3) is 4.97. The maximum absolute atomic E-state index is 12.3. The van der Waals surface area contributed by atoms with E-state index in [-0.39, 0.29) is 17.5 Å². The minimum absolute atomic E-state index is 0.0340. The zero-order chi connectivity index (χ0) is 15.0. The molecule has 0 saturated carbocycles. The number of aliphatic hydroxyl groups excluding tert-OH is 1. The van der Waals surface area contributed by atoms with E-state index in [1.807, 2.05) is 13.8 Å². The maximum atomic E-state index is 12.3. The highest BCUT2D eigenvalue weighted by atomic mass is 32.2. The van der Waals surface area contributed by atoms with Gasteiger partial charge in [-0.05, 0) is 25.5 Å². The molecule has 0 bridgehead atoms. The smallest absolute Gasteiger partial charge is 0.242 e. The van der Waals surface area contributed by atoms with Crippen LogP contribution in [0.3, 0.4) is 0 Å². The minimum Gasteiger partial charge on any atom is -0.395 e. The molecule has 0 aliphatic carbocycles. The van der Waals surface area contributed by atoms with Gasteiger partial charge in [-0.3, -0.25) is 0 Å². The summed E-state index contributed by atoms with van der Waals surface area (Å²) in [7, 11) is -3.56. The van der Waals surface area contributed by atoms with Crippen LogP contribution in [0.1, 0.15) is 38.7 Å². The first-order valence-electron chi connectivity index (χ1n) is 6.72. The molecule has 1 aromatic rings. The highest BCUT2D eigenvalue weighted by molar-refractivity contribution is 7.89. The lowest BCUT2D eigenvalue weighted by Crippen LogP contribution is -2.32. The van der Waals surface area contributed by atoms with Crippen molar-refractivity contribution in [3.63, 3.8) is 0 Å². The molecule has 1 aromatic carbocycles. The summed E-state index contributed by atoms with van der Waals surface area (Å²) in [5.74, 6) is 5.55. The molecule has 0 radical (unpaired) electrons. The number of sulfonamides is 1. The summed E-state index contributed by atoms with van der Waals surface area (Å²) in [6.07, 6.45) is 2.03. The Kier molecular flexibility index (Phi) is 6.73. The van der Waals surface area contributed by atoms with Crippen molar-refractivity contribution in [1.82, 2.24) is 4.72 Å². The molecule has 0 aliphatic heterocycles. The zero-order valence-corrected chi connectivity index (χ0v) is 12.7. The predicted octanol–water partition coefficient (Wildman–Crippen LogP) is 1.89. The van der Waals surface area contributed by atoms with Gasteiger partial charge in [0, 0.05) is 18.0 Å². The van der Waals surface area contributed by atoms with Crippen molar-refractivity contribution in [1.29, 1.82) is 0 Å². The Hall–Kier alpha value is -1.35. The van der Waals surface area contributed by atoms with Gasteiger partial charge in [-0.1, -0.05) is 37.3 Å². The molecule has 0 fully saturated rings. The van der Waals surface area contributed by atoms with Crippen LogP contribution < -0.4 is 4.72 Å². The van der Waals surface area contributed by atoms with Gasteiger partial charge in [0.15, 0.2) is 0 Å². The van der Waals surface area contributed by atoms with Crippen LogP contribution in [-0.4, -0.2) is 26.2 Å². The van der Waals surface area contributed by atoms with Gasteiger partial charge in [0.1, 0.15) is 0 Å². The molecule has 0 heterocycles. The summed E-state index contributed by atoms with van der Waals surface area (Å²) in [5, 5.41) is 8.72. The zero-order valence-electron chi connectivity index (χ0n) is 11.9. The van der Waals surface area contributed by atoms with Crippen LogP contribution in [0.5, 0.6) is 0 Å². The number of aliphatic hydroxyl groups is 1. The van der Waals surface area contributed by atoms with E-state index in [0.29, 0.717) is 12.0 Å². The highest BCUT2D eigenvalue weighted by Crippen LogP contribution is 2.15. The Morgan fingerprint density at radius 2 is 2.05 bits per heavy atom. The quantitative estimate of drug-likeness (QED) is 0.788. The summed E-state index contributed by atoms with van der Waals surface area (Å²) < 4.78 is 27.3. The van der Waals surface area contributed by atoms with E-state index in [1.54, 1.807) is 24.3 Å². The Balaban J connectivity index is 3.04. The van der Waals surface area contributed by atoms with Crippen molar-refractivity contribution in [3.05, 3.63) is 29.8 Å². The van der Waals surface area contributed by atoms with Gasteiger partial charge in [-0.25, -0.2) is 13.1 Å². The summed E-state index contributed by atoms with van der Waals surface area (Å²) >= 11 is 0. The van der Waals surface area contributed by atoms with Crippen LogP contribution in [0.2, 0.25) is 0 Å². The van der Waals surface area contributed by atoms with Gasteiger partial charge in [0.05, 0.1) is 11.5 Å². The SMILES string of the molecule is CCCC(C)NS(=O)(=O)c1ccccc1C#CCCO. The topological polar surface area (TPSA) is 66.4 Å². The summed E-state index contributed by atoms with van der Waals surface area (Å²) in [4.78, 5) is 0.188. The third-order valence-electron chi connectivity index (χ3n) is 2.71. The van der Waals surface area contributed by atoms with Crippen molar-refractivity contribution >= 4 is 10.0 Å².